The highest BCUT2D eigenvalue weighted by molar-refractivity contribution is 6.05. The van der Waals surface area contributed by atoms with Gasteiger partial charge in [-0.15, -0.1) is 0 Å². The molecule has 2 aromatic rings. The summed E-state index contributed by atoms with van der Waals surface area (Å²) in [6.45, 7) is 0.807. The number of anilines is 1. The Morgan fingerprint density at radius 2 is 2.00 bits per heavy atom. The molecule has 1 aliphatic heterocycles. The fraction of sp³-hybridized carbons (Fsp3) is 0.267. The summed E-state index contributed by atoms with van der Waals surface area (Å²) < 4.78 is 1.87. The molecule has 0 atom stereocenters. The van der Waals surface area contributed by atoms with E-state index in [2.05, 4.69) is 6.07 Å². The summed E-state index contributed by atoms with van der Waals surface area (Å²) in [4.78, 5) is 14.4. The van der Waals surface area contributed by atoms with Gasteiger partial charge in [0.1, 0.15) is 5.69 Å². The molecule has 2 heterocycles. The van der Waals surface area contributed by atoms with E-state index in [0.717, 1.165) is 30.8 Å². The zero-order valence-corrected chi connectivity index (χ0v) is 10.5. The molecule has 1 amide bonds. The number of benzene rings is 1. The van der Waals surface area contributed by atoms with Crippen LogP contribution in [0.25, 0.3) is 0 Å². The molecular formula is C15H16N2O. The molecule has 0 saturated heterocycles. The number of aryl methyl sites for hydroxylation is 2. The van der Waals surface area contributed by atoms with Gasteiger partial charge in [0.15, 0.2) is 0 Å². The highest BCUT2D eigenvalue weighted by Gasteiger charge is 2.24. The standard InChI is InChI=1S/C15H16N2O/c1-16-10-5-9-14(16)15(18)17-11-4-7-12-6-2-3-8-13(12)17/h2-3,5-6,8-10H,4,7,11H2,1H3. The number of para-hydroxylation sites is 1. The Hall–Kier alpha value is -2.03. The number of fused-ring (bicyclic) bond motifs is 1. The number of hydrogen-bond donors (Lipinski definition) is 0. The molecule has 0 fully saturated rings. The van der Waals surface area contributed by atoms with Gasteiger partial charge in [-0.1, -0.05) is 18.2 Å². The number of hydrogen-bond acceptors (Lipinski definition) is 1. The molecule has 0 aliphatic carbocycles. The molecule has 0 unspecified atom stereocenters. The SMILES string of the molecule is Cn1cccc1C(=O)N1CCCc2ccccc21. The minimum atomic E-state index is 0.0923. The average Bonchev–Trinajstić information content (AvgIpc) is 2.83. The lowest BCUT2D eigenvalue weighted by atomic mass is 10.0. The van der Waals surface area contributed by atoms with Crippen molar-refractivity contribution in [2.75, 3.05) is 11.4 Å². The largest absolute Gasteiger partial charge is 0.347 e. The minimum Gasteiger partial charge on any atom is -0.347 e. The van der Waals surface area contributed by atoms with Crippen LogP contribution >= 0.6 is 0 Å². The third-order valence-electron chi connectivity index (χ3n) is 3.52. The number of amides is 1. The summed E-state index contributed by atoms with van der Waals surface area (Å²) in [6, 6.07) is 12.0. The number of carbonyl (C=O) groups excluding carboxylic acids is 1. The van der Waals surface area contributed by atoms with Crippen LogP contribution in [0.5, 0.6) is 0 Å². The third kappa shape index (κ3) is 1.72. The van der Waals surface area contributed by atoms with Crippen LogP contribution in [0.1, 0.15) is 22.5 Å². The molecule has 1 aromatic heterocycles. The van der Waals surface area contributed by atoms with Crippen molar-refractivity contribution in [3.63, 3.8) is 0 Å². The number of aromatic nitrogens is 1. The molecule has 18 heavy (non-hydrogen) atoms. The Bertz CT molecular complexity index is 586. The van der Waals surface area contributed by atoms with Crippen molar-refractivity contribution in [1.82, 2.24) is 4.57 Å². The summed E-state index contributed by atoms with van der Waals surface area (Å²) >= 11 is 0. The maximum Gasteiger partial charge on any atom is 0.274 e. The molecule has 92 valence electrons. The quantitative estimate of drug-likeness (QED) is 0.752. The molecule has 0 saturated carbocycles. The molecule has 3 rings (SSSR count). The molecule has 0 radical (unpaired) electrons. The van der Waals surface area contributed by atoms with E-state index in [1.54, 1.807) is 0 Å². The second-order valence-electron chi connectivity index (χ2n) is 4.69. The van der Waals surface area contributed by atoms with Gasteiger partial charge in [0, 0.05) is 25.5 Å². The van der Waals surface area contributed by atoms with Gasteiger partial charge in [-0.2, -0.15) is 0 Å². The second kappa shape index (κ2) is 4.33. The Kier molecular flexibility index (Phi) is 2.67. The first-order valence-corrected chi connectivity index (χ1v) is 6.28. The molecular weight excluding hydrogens is 224 g/mol. The Morgan fingerprint density at radius 3 is 2.78 bits per heavy atom. The smallest absolute Gasteiger partial charge is 0.274 e. The van der Waals surface area contributed by atoms with E-state index in [9.17, 15) is 4.79 Å². The van der Waals surface area contributed by atoms with Crippen molar-refractivity contribution in [3.05, 3.63) is 53.9 Å². The number of carbonyl (C=O) groups is 1. The topological polar surface area (TPSA) is 25.2 Å². The number of rotatable bonds is 1. The van der Waals surface area contributed by atoms with Crippen LogP contribution in [0.3, 0.4) is 0 Å². The Labute approximate surface area is 107 Å². The van der Waals surface area contributed by atoms with Crippen molar-refractivity contribution in [2.45, 2.75) is 12.8 Å². The maximum atomic E-state index is 12.5. The lowest BCUT2D eigenvalue weighted by Crippen LogP contribution is -2.36. The average molecular weight is 240 g/mol. The van der Waals surface area contributed by atoms with Crippen LogP contribution in [0, 0.1) is 0 Å². The van der Waals surface area contributed by atoms with Crippen LogP contribution in [0.15, 0.2) is 42.6 Å². The normalized spacial score (nSPS) is 14.4. The molecule has 1 aromatic carbocycles. The van der Waals surface area contributed by atoms with Crippen LogP contribution in [0.2, 0.25) is 0 Å². The Morgan fingerprint density at radius 1 is 1.17 bits per heavy atom. The summed E-state index contributed by atoms with van der Waals surface area (Å²) in [5, 5.41) is 0. The van der Waals surface area contributed by atoms with Gasteiger partial charge in [0.05, 0.1) is 0 Å². The van der Waals surface area contributed by atoms with Crippen molar-refractivity contribution in [3.8, 4) is 0 Å². The summed E-state index contributed by atoms with van der Waals surface area (Å²) in [6.07, 6.45) is 4.00. The monoisotopic (exact) mass is 240 g/mol. The predicted octanol–water partition coefficient (Wildman–Crippen LogP) is 2.62. The highest BCUT2D eigenvalue weighted by atomic mass is 16.2. The van der Waals surface area contributed by atoms with Gasteiger partial charge in [0.25, 0.3) is 5.91 Å². The van der Waals surface area contributed by atoms with Crippen LogP contribution in [-0.2, 0) is 13.5 Å². The molecule has 3 heteroatoms. The van der Waals surface area contributed by atoms with E-state index in [1.165, 1.54) is 5.56 Å². The minimum absolute atomic E-state index is 0.0923. The molecule has 3 nitrogen and oxygen atoms in total. The van der Waals surface area contributed by atoms with Gasteiger partial charge in [-0.05, 0) is 36.6 Å². The number of nitrogens with zero attached hydrogens (tertiary/aromatic N) is 2. The van der Waals surface area contributed by atoms with Gasteiger partial charge in [-0.25, -0.2) is 0 Å². The van der Waals surface area contributed by atoms with Crippen molar-refractivity contribution < 1.29 is 4.79 Å². The molecule has 1 aliphatic rings. The fourth-order valence-corrected chi connectivity index (χ4v) is 2.57. The zero-order chi connectivity index (χ0) is 12.5. The van der Waals surface area contributed by atoms with Gasteiger partial charge < -0.3 is 9.47 Å². The molecule has 0 spiro atoms. The molecule has 0 bridgehead atoms. The van der Waals surface area contributed by atoms with Crippen molar-refractivity contribution in [1.29, 1.82) is 0 Å². The maximum absolute atomic E-state index is 12.5. The van der Waals surface area contributed by atoms with E-state index in [-0.39, 0.29) is 5.91 Å². The first-order chi connectivity index (χ1) is 8.77. The van der Waals surface area contributed by atoms with E-state index in [1.807, 2.05) is 53.0 Å². The van der Waals surface area contributed by atoms with Crippen molar-refractivity contribution >= 4 is 11.6 Å². The van der Waals surface area contributed by atoms with Crippen molar-refractivity contribution in [2.24, 2.45) is 7.05 Å². The van der Waals surface area contributed by atoms with Crippen LogP contribution in [-0.4, -0.2) is 17.0 Å². The Balaban J connectivity index is 2.00. The van der Waals surface area contributed by atoms with E-state index < -0.39 is 0 Å². The van der Waals surface area contributed by atoms with E-state index in [4.69, 9.17) is 0 Å². The summed E-state index contributed by atoms with van der Waals surface area (Å²) in [7, 11) is 1.91. The zero-order valence-electron chi connectivity index (χ0n) is 10.5. The summed E-state index contributed by atoms with van der Waals surface area (Å²) in [5.74, 6) is 0.0923. The van der Waals surface area contributed by atoms with Gasteiger partial charge in [0.2, 0.25) is 0 Å². The third-order valence-corrected chi connectivity index (χ3v) is 3.52. The van der Waals surface area contributed by atoms with Crippen LogP contribution in [0.4, 0.5) is 5.69 Å². The lowest BCUT2D eigenvalue weighted by molar-refractivity contribution is 0.0977. The lowest BCUT2D eigenvalue weighted by Gasteiger charge is -2.29. The second-order valence-corrected chi connectivity index (χ2v) is 4.69. The van der Waals surface area contributed by atoms with E-state index in [0.29, 0.717) is 0 Å². The fourth-order valence-electron chi connectivity index (χ4n) is 2.57. The first-order valence-electron chi connectivity index (χ1n) is 6.28. The predicted molar refractivity (Wildman–Crippen MR) is 71.9 cm³/mol. The van der Waals surface area contributed by atoms with Gasteiger partial charge in [-0.3, -0.25) is 4.79 Å². The summed E-state index contributed by atoms with van der Waals surface area (Å²) in [5.41, 5.74) is 3.08. The van der Waals surface area contributed by atoms with Crippen LogP contribution < -0.4 is 4.90 Å². The van der Waals surface area contributed by atoms with E-state index >= 15 is 0 Å². The molecule has 0 N–H and O–H groups in total. The van der Waals surface area contributed by atoms with Gasteiger partial charge >= 0.3 is 0 Å². The first kappa shape index (κ1) is 11.1. The highest BCUT2D eigenvalue weighted by Crippen LogP contribution is 2.27.